The molecule has 0 atom stereocenters. The monoisotopic (exact) mass is 443 g/mol. The molecule has 2 rings (SSSR count). The molecule has 0 saturated carbocycles. The number of methoxy groups -OCH3 is 2. The molecule has 0 aliphatic heterocycles. The van der Waals surface area contributed by atoms with E-state index in [1.54, 1.807) is 43.3 Å². The minimum absolute atomic E-state index is 0.174. The largest absolute Gasteiger partial charge is 0.493 e. The van der Waals surface area contributed by atoms with E-state index in [0.717, 1.165) is 0 Å². The summed E-state index contributed by atoms with van der Waals surface area (Å²) in [6.07, 6.45) is 1.43. The number of amides is 2. The molecule has 0 aliphatic carbocycles. The van der Waals surface area contributed by atoms with Gasteiger partial charge in [0.1, 0.15) is 5.75 Å². The van der Waals surface area contributed by atoms with Gasteiger partial charge in [-0.2, -0.15) is 5.10 Å². The van der Waals surface area contributed by atoms with E-state index in [1.165, 1.54) is 26.5 Å². The zero-order valence-electron chi connectivity index (χ0n) is 18.0. The highest BCUT2D eigenvalue weighted by Crippen LogP contribution is 2.27. The molecule has 2 amide bonds. The molecule has 10 nitrogen and oxygen atoms in total. The van der Waals surface area contributed by atoms with Gasteiger partial charge < -0.3 is 24.3 Å². The zero-order valence-corrected chi connectivity index (χ0v) is 18.0. The Morgan fingerprint density at radius 2 is 1.72 bits per heavy atom. The van der Waals surface area contributed by atoms with Crippen molar-refractivity contribution < 1.29 is 33.3 Å². The van der Waals surface area contributed by atoms with Gasteiger partial charge in [0, 0.05) is 5.56 Å². The summed E-state index contributed by atoms with van der Waals surface area (Å²) in [6, 6.07) is 11.4. The Morgan fingerprint density at radius 3 is 2.38 bits per heavy atom. The molecule has 170 valence electrons. The number of nitrogens with one attached hydrogen (secondary N) is 2. The van der Waals surface area contributed by atoms with Crippen molar-refractivity contribution in [3.63, 3.8) is 0 Å². The fraction of sp³-hybridized carbons (Fsp3) is 0.273. The van der Waals surface area contributed by atoms with Crippen LogP contribution in [0.25, 0.3) is 0 Å². The molecule has 32 heavy (non-hydrogen) atoms. The predicted octanol–water partition coefficient (Wildman–Crippen LogP) is 1.53. The van der Waals surface area contributed by atoms with Gasteiger partial charge in [0.05, 0.1) is 33.6 Å². The molecule has 10 heteroatoms. The number of hydrazone groups is 1. The molecule has 0 radical (unpaired) electrons. The summed E-state index contributed by atoms with van der Waals surface area (Å²) in [7, 11) is 2.96. The highest BCUT2D eigenvalue weighted by atomic mass is 16.6. The van der Waals surface area contributed by atoms with Gasteiger partial charge >= 0.3 is 5.97 Å². The smallest absolute Gasteiger partial charge is 0.344 e. The van der Waals surface area contributed by atoms with Crippen molar-refractivity contribution in [2.45, 2.75) is 6.92 Å². The van der Waals surface area contributed by atoms with Gasteiger partial charge in [-0.25, -0.2) is 10.2 Å². The summed E-state index contributed by atoms with van der Waals surface area (Å²) in [5, 5.41) is 6.34. The first-order valence-corrected chi connectivity index (χ1v) is 9.67. The Balaban J connectivity index is 1.77. The minimum Gasteiger partial charge on any atom is -0.493 e. The Kier molecular flexibility index (Phi) is 9.51. The lowest BCUT2D eigenvalue weighted by molar-refractivity contribution is -0.145. The lowest BCUT2D eigenvalue weighted by Crippen LogP contribution is -2.34. The molecule has 2 aromatic rings. The van der Waals surface area contributed by atoms with Gasteiger partial charge in [0.15, 0.2) is 18.1 Å². The lowest BCUT2D eigenvalue weighted by Gasteiger charge is -2.09. The average molecular weight is 443 g/mol. The molecule has 0 spiro atoms. The van der Waals surface area contributed by atoms with Crippen molar-refractivity contribution in [2.24, 2.45) is 5.10 Å². The maximum absolute atomic E-state index is 12.2. The summed E-state index contributed by atoms with van der Waals surface area (Å²) in [5.41, 5.74) is 3.35. The van der Waals surface area contributed by atoms with E-state index < -0.39 is 17.8 Å². The van der Waals surface area contributed by atoms with Crippen LogP contribution in [0.3, 0.4) is 0 Å². The minimum atomic E-state index is -0.496. The first-order valence-electron chi connectivity index (χ1n) is 9.67. The fourth-order valence-corrected chi connectivity index (χ4v) is 2.45. The molecular weight excluding hydrogens is 418 g/mol. The van der Waals surface area contributed by atoms with Crippen molar-refractivity contribution in [3.05, 3.63) is 53.6 Å². The van der Waals surface area contributed by atoms with Crippen molar-refractivity contribution in [3.8, 4) is 17.2 Å². The number of benzene rings is 2. The Bertz CT molecular complexity index is 958. The SMILES string of the molecule is CCOC(=O)COc1ccc(C=NNC(=O)CNC(=O)c2ccc(OC)c(OC)c2)cc1. The van der Waals surface area contributed by atoms with Gasteiger partial charge in [-0.05, 0) is 55.0 Å². The molecule has 2 N–H and O–H groups in total. The number of hydrogen-bond donors (Lipinski definition) is 2. The Hall–Kier alpha value is -4.08. The van der Waals surface area contributed by atoms with Crippen LogP contribution in [0.15, 0.2) is 47.6 Å². The molecule has 0 unspecified atom stereocenters. The van der Waals surface area contributed by atoms with Crippen LogP contribution in [0.1, 0.15) is 22.8 Å². The van der Waals surface area contributed by atoms with E-state index in [-0.39, 0.29) is 13.2 Å². The normalized spacial score (nSPS) is 10.3. The van der Waals surface area contributed by atoms with Crippen LogP contribution in [-0.2, 0) is 14.3 Å². The zero-order chi connectivity index (χ0) is 23.3. The number of carbonyl (C=O) groups excluding carboxylic acids is 3. The van der Waals surface area contributed by atoms with Crippen LogP contribution in [-0.4, -0.2) is 58.0 Å². The number of hydrogen-bond acceptors (Lipinski definition) is 8. The van der Waals surface area contributed by atoms with Crippen LogP contribution in [0.4, 0.5) is 0 Å². The highest BCUT2D eigenvalue weighted by Gasteiger charge is 2.11. The highest BCUT2D eigenvalue weighted by molar-refractivity contribution is 5.97. The van der Waals surface area contributed by atoms with Crippen LogP contribution in [0.5, 0.6) is 17.2 Å². The fourth-order valence-electron chi connectivity index (χ4n) is 2.45. The molecule has 0 heterocycles. The molecule has 2 aromatic carbocycles. The summed E-state index contributed by atoms with van der Waals surface area (Å²) in [4.78, 5) is 35.4. The third kappa shape index (κ3) is 7.63. The second kappa shape index (κ2) is 12.6. The second-order valence-corrected chi connectivity index (χ2v) is 6.21. The van der Waals surface area contributed by atoms with E-state index in [2.05, 4.69) is 15.8 Å². The summed E-state index contributed by atoms with van der Waals surface area (Å²) >= 11 is 0. The number of rotatable bonds is 11. The molecular formula is C22H25N3O7. The Labute approximate surface area is 185 Å². The first-order chi connectivity index (χ1) is 15.5. The Morgan fingerprint density at radius 1 is 1.00 bits per heavy atom. The van der Waals surface area contributed by atoms with E-state index in [4.69, 9.17) is 18.9 Å². The van der Waals surface area contributed by atoms with Gasteiger partial charge in [-0.1, -0.05) is 0 Å². The standard InChI is InChI=1S/C22H25N3O7/c1-4-31-21(27)14-32-17-8-5-15(6-9-17)12-24-25-20(26)13-23-22(28)16-7-10-18(29-2)19(11-16)30-3/h5-12H,4,13-14H2,1-3H3,(H,23,28)(H,25,26). The summed E-state index contributed by atoms with van der Waals surface area (Å²) in [6.45, 7) is 1.58. The van der Waals surface area contributed by atoms with E-state index in [0.29, 0.717) is 35.0 Å². The molecule has 0 bridgehead atoms. The van der Waals surface area contributed by atoms with Crippen molar-refractivity contribution in [1.82, 2.24) is 10.7 Å². The van der Waals surface area contributed by atoms with Crippen molar-refractivity contribution in [1.29, 1.82) is 0 Å². The third-order valence-electron chi connectivity index (χ3n) is 4.00. The van der Waals surface area contributed by atoms with Gasteiger partial charge in [0.25, 0.3) is 11.8 Å². The van der Waals surface area contributed by atoms with Crippen LogP contribution >= 0.6 is 0 Å². The number of esters is 1. The third-order valence-corrected chi connectivity index (χ3v) is 4.00. The predicted molar refractivity (Wildman–Crippen MR) is 116 cm³/mol. The quantitative estimate of drug-likeness (QED) is 0.307. The van der Waals surface area contributed by atoms with Crippen LogP contribution in [0.2, 0.25) is 0 Å². The van der Waals surface area contributed by atoms with Crippen LogP contribution < -0.4 is 25.0 Å². The second-order valence-electron chi connectivity index (χ2n) is 6.21. The van der Waals surface area contributed by atoms with E-state index in [9.17, 15) is 14.4 Å². The average Bonchev–Trinajstić information content (AvgIpc) is 2.81. The van der Waals surface area contributed by atoms with Gasteiger partial charge in [-0.15, -0.1) is 0 Å². The summed E-state index contributed by atoms with van der Waals surface area (Å²) in [5.74, 6) is 0.0189. The molecule has 0 aliphatic rings. The van der Waals surface area contributed by atoms with Crippen LogP contribution in [0, 0.1) is 0 Å². The summed E-state index contributed by atoms with van der Waals surface area (Å²) < 4.78 is 20.4. The van der Waals surface area contributed by atoms with E-state index in [1.807, 2.05) is 0 Å². The van der Waals surface area contributed by atoms with Crippen molar-refractivity contribution in [2.75, 3.05) is 34.0 Å². The van der Waals surface area contributed by atoms with Gasteiger partial charge in [-0.3, -0.25) is 9.59 Å². The van der Waals surface area contributed by atoms with Gasteiger partial charge in [0.2, 0.25) is 0 Å². The maximum atomic E-state index is 12.2. The number of carbonyl (C=O) groups is 3. The first kappa shape index (κ1) is 24.2. The molecule has 0 fully saturated rings. The number of nitrogens with zero attached hydrogens (tertiary/aromatic N) is 1. The maximum Gasteiger partial charge on any atom is 0.344 e. The molecule has 0 saturated heterocycles. The van der Waals surface area contributed by atoms with E-state index >= 15 is 0 Å². The molecule has 0 aromatic heterocycles. The lowest BCUT2D eigenvalue weighted by atomic mass is 10.2. The number of ether oxygens (including phenoxy) is 4. The topological polar surface area (TPSA) is 125 Å². The van der Waals surface area contributed by atoms with Crippen molar-refractivity contribution >= 4 is 24.0 Å².